The summed E-state index contributed by atoms with van der Waals surface area (Å²) >= 11 is 2.18. The first kappa shape index (κ1) is 11.6. The van der Waals surface area contributed by atoms with E-state index in [2.05, 4.69) is 54.5 Å². The maximum atomic E-state index is 3.58. The lowest BCUT2D eigenvalue weighted by Gasteiger charge is -2.22. The molecule has 1 saturated carbocycles. The second kappa shape index (κ2) is 5.03. The molecule has 1 heterocycles. The van der Waals surface area contributed by atoms with Gasteiger partial charge in [-0.15, -0.1) is 0 Å². The Balaban J connectivity index is 1.66. The average molecular weight is 247 g/mol. The molecule has 2 fully saturated rings. The zero-order valence-electron chi connectivity index (χ0n) is 10.4. The van der Waals surface area contributed by atoms with Crippen molar-refractivity contribution >= 4 is 11.8 Å². The Morgan fingerprint density at radius 3 is 2.76 bits per heavy atom. The third-order valence-electron chi connectivity index (χ3n) is 4.23. The van der Waals surface area contributed by atoms with Gasteiger partial charge in [-0.1, -0.05) is 30.3 Å². The molecule has 1 aromatic rings. The van der Waals surface area contributed by atoms with Gasteiger partial charge >= 0.3 is 0 Å². The van der Waals surface area contributed by atoms with E-state index in [0.717, 1.165) is 23.1 Å². The molecule has 4 atom stereocenters. The summed E-state index contributed by atoms with van der Waals surface area (Å²) in [6.07, 6.45) is 4.21. The molecule has 0 bridgehead atoms. The summed E-state index contributed by atoms with van der Waals surface area (Å²) < 4.78 is 0. The molecule has 4 unspecified atom stereocenters. The minimum Gasteiger partial charge on any atom is -0.316 e. The van der Waals surface area contributed by atoms with E-state index < -0.39 is 0 Å². The topological polar surface area (TPSA) is 12.0 Å². The molecule has 2 heteroatoms. The van der Waals surface area contributed by atoms with Crippen LogP contribution < -0.4 is 5.32 Å². The molecule has 17 heavy (non-hydrogen) atoms. The van der Waals surface area contributed by atoms with E-state index in [1.54, 1.807) is 5.56 Å². The second-order valence-corrected chi connectivity index (χ2v) is 6.63. The maximum absolute atomic E-state index is 3.58. The molecule has 2 aliphatic rings. The summed E-state index contributed by atoms with van der Waals surface area (Å²) in [5, 5.41) is 4.44. The third kappa shape index (κ3) is 2.38. The van der Waals surface area contributed by atoms with Crippen molar-refractivity contribution in [3.8, 4) is 0 Å². The van der Waals surface area contributed by atoms with E-state index in [0.29, 0.717) is 0 Å². The first-order valence-electron chi connectivity index (χ1n) is 6.74. The van der Waals surface area contributed by atoms with E-state index in [1.165, 1.54) is 25.0 Å². The first-order chi connectivity index (χ1) is 8.40. The third-order valence-corrected chi connectivity index (χ3v) is 5.71. The van der Waals surface area contributed by atoms with Crippen LogP contribution in [0.5, 0.6) is 0 Å². The van der Waals surface area contributed by atoms with Crippen molar-refractivity contribution < 1.29 is 0 Å². The molecule has 1 aliphatic carbocycles. The van der Waals surface area contributed by atoms with Crippen LogP contribution in [0.25, 0.3) is 0 Å². The van der Waals surface area contributed by atoms with Crippen LogP contribution >= 0.6 is 11.8 Å². The smallest absolute Gasteiger partial charge is 0.0217 e. The van der Waals surface area contributed by atoms with Crippen LogP contribution in [0.3, 0.4) is 0 Å². The molecule has 0 aromatic heterocycles. The number of benzene rings is 1. The van der Waals surface area contributed by atoms with Crippen LogP contribution in [0, 0.1) is 5.92 Å². The molecular formula is C15H21NS. The van der Waals surface area contributed by atoms with Gasteiger partial charge in [0.15, 0.2) is 0 Å². The molecule has 0 amide bonds. The number of thioether (sulfide) groups is 1. The largest absolute Gasteiger partial charge is 0.316 e. The van der Waals surface area contributed by atoms with Gasteiger partial charge in [0.1, 0.15) is 0 Å². The van der Waals surface area contributed by atoms with E-state index in [-0.39, 0.29) is 0 Å². The van der Waals surface area contributed by atoms with Gasteiger partial charge in [-0.25, -0.2) is 0 Å². The lowest BCUT2D eigenvalue weighted by atomic mass is 10.0. The molecule has 1 saturated heterocycles. The standard InChI is InChI=1S/C15H21NS/c1-16-15(14-8-5-9-17-14)13-10-12(13)11-6-3-2-4-7-11/h2-4,6-7,12-16H,5,8-10H2,1H3. The van der Waals surface area contributed by atoms with E-state index in [4.69, 9.17) is 0 Å². The normalized spacial score (nSPS) is 33.6. The fraction of sp³-hybridized carbons (Fsp3) is 0.600. The van der Waals surface area contributed by atoms with Crippen LogP contribution in [-0.4, -0.2) is 24.1 Å². The predicted octanol–water partition coefficient (Wildman–Crippen LogP) is 3.27. The Morgan fingerprint density at radius 2 is 2.12 bits per heavy atom. The molecule has 1 N–H and O–H groups in total. The van der Waals surface area contributed by atoms with Crippen molar-refractivity contribution in [2.24, 2.45) is 5.92 Å². The number of nitrogens with one attached hydrogen (secondary N) is 1. The monoisotopic (exact) mass is 247 g/mol. The highest BCUT2D eigenvalue weighted by molar-refractivity contribution is 8.00. The molecule has 3 rings (SSSR count). The first-order valence-corrected chi connectivity index (χ1v) is 7.79. The lowest BCUT2D eigenvalue weighted by molar-refractivity contribution is 0.467. The molecule has 1 nitrogen and oxygen atoms in total. The van der Waals surface area contributed by atoms with Crippen LogP contribution in [0.4, 0.5) is 0 Å². The minimum atomic E-state index is 0.729. The zero-order chi connectivity index (χ0) is 11.7. The molecule has 0 radical (unpaired) electrons. The Morgan fingerprint density at radius 1 is 1.29 bits per heavy atom. The molecular weight excluding hydrogens is 226 g/mol. The zero-order valence-corrected chi connectivity index (χ0v) is 11.2. The van der Waals surface area contributed by atoms with E-state index in [9.17, 15) is 0 Å². The summed E-state index contributed by atoms with van der Waals surface area (Å²) in [4.78, 5) is 0. The quantitative estimate of drug-likeness (QED) is 0.876. The molecule has 1 aromatic carbocycles. The predicted molar refractivity (Wildman–Crippen MR) is 75.6 cm³/mol. The second-order valence-electron chi connectivity index (χ2n) is 5.28. The summed E-state index contributed by atoms with van der Waals surface area (Å²) in [5.41, 5.74) is 1.54. The van der Waals surface area contributed by atoms with Crippen molar-refractivity contribution in [3.05, 3.63) is 35.9 Å². The lowest BCUT2D eigenvalue weighted by Crippen LogP contribution is -2.36. The van der Waals surface area contributed by atoms with Crippen LogP contribution in [0.2, 0.25) is 0 Å². The van der Waals surface area contributed by atoms with Crippen LogP contribution in [0.1, 0.15) is 30.7 Å². The van der Waals surface area contributed by atoms with Gasteiger partial charge in [0.05, 0.1) is 0 Å². The van der Waals surface area contributed by atoms with Gasteiger partial charge in [-0.05, 0) is 49.5 Å². The Bertz CT molecular complexity index is 358. The summed E-state index contributed by atoms with van der Waals surface area (Å²) in [6.45, 7) is 0. The Hall–Kier alpha value is -0.470. The van der Waals surface area contributed by atoms with Gasteiger partial charge in [0.25, 0.3) is 0 Å². The van der Waals surface area contributed by atoms with Crippen molar-refractivity contribution in [1.29, 1.82) is 0 Å². The Kier molecular flexibility index (Phi) is 3.44. The summed E-state index contributed by atoms with van der Waals surface area (Å²) in [5.74, 6) is 3.05. The molecule has 92 valence electrons. The van der Waals surface area contributed by atoms with Gasteiger partial charge in [-0.3, -0.25) is 0 Å². The van der Waals surface area contributed by atoms with E-state index >= 15 is 0 Å². The Labute approximate surface area is 108 Å². The van der Waals surface area contributed by atoms with Crippen LogP contribution in [0.15, 0.2) is 30.3 Å². The summed E-state index contributed by atoms with van der Waals surface area (Å²) in [7, 11) is 2.14. The highest BCUT2D eigenvalue weighted by Crippen LogP contribution is 2.52. The molecule has 0 spiro atoms. The highest BCUT2D eigenvalue weighted by atomic mass is 32.2. The average Bonchev–Trinajstić information content (AvgIpc) is 2.97. The number of rotatable bonds is 4. The maximum Gasteiger partial charge on any atom is 0.0217 e. The van der Waals surface area contributed by atoms with Gasteiger partial charge < -0.3 is 5.32 Å². The van der Waals surface area contributed by atoms with Crippen molar-refractivity contribution in [1.82, 2.24) is 5.32 Å². The van der Waals surface area contributed by atoms with Crippen molar-refractivity contribution in [3.63, 3.8) is 0 Å². The highest BCUT2D eigenvalue weighted by Gasteiger charge is 2.46. The SMILES string of the molecule is CNC(C1CCCS1)C1CC1c1ccccc1. The van der Waals surface area contributed by atoms with Crippen LogP contribution in [-0.2, 0) is 0 Å². The van der Waals surface area contributed by atoms with Gasteiger partial charge in [0, 0.05) is 11.3 Å². The number of hydrogen-bond acceptors (Lipinski definition) is 2. The van der Waals surface area contributed by atoms with Crippen molar-refractivity contribution in [2.75, 3.05) is 12.8 Å². The van der Waals surface area contributed by atoms with Crippen molar-refractivity contribution in [2.45, 2.75) is 36.5 Å². The number of hydrogen-bond donors (Lipinski definition) is 1. The van der Waals surface area contributed by atoms with Gasteiger partial charge in [0.2, 0.25) is 0 Å². The van der Waals surface area contributed by atoms with Gasteiger partial charge in [-0.2, -0.15) is 11.8 Å². The minimum absolute atomic E-state index is 0.729. The fourth-order valence-corrected chi connectivity index (χ4v) is 4.77. The summed E-state index contributed by atoms with van der Waals surface area (Å²) in [6, 6.07) is 11.8. The fourth-order valence-electron chi connectivity index (χ4n) is 3.26. The van der Waals surface area contributed by atoms with E-state index in [1.807, 2.05) is 0 Å². The molecule has 1 aliphatic heterocycles.